The van der Waals surface area contributed by atoms with Crippen LogP contribution in [0.25, 0.3) is 11.0 Å². The summed E-state index contributed by atoms with van der Waals surface area (Å²) in [5.74, 6) is -0.352. The average Bonchev–Trinajstić information content (AvgIpc) is 2.59. The summed E-state index contributed by atoms with van der Waals surface area (Å²) in [5, 5.41) is 0. The zero-order chi connectivity index (χ0) is 10.1. The van der Waals surface area contributed by atoms with Gasteiger partial charge in [-0.2, -0.15) is 0 Å². The molecule has 4 heteroatoms. The summed E-state index contributed by atoms with van der Waals surface area (Å²) in [5.41, 5.74) is 2.11. The Kier molecular flexibility index (Phi) is 1.96. The molecule has 0 bridgehead atoms. The first-order valence-corrected chi connectivity index (χ1v) is 4.22. The van der Waals surface area contributed by atoms with Crippen molar-refractivity contribution in [3.05, 3.63) is 30.1 Å². The summed E-state index contributed by atoms with van der Waals surface area (Å²) >= 11 is 0. The monoisotopic (exact) mass is 190 g/mol. The van der Waals surface area contributed by atoms with Gasteiger partial charge in [-0.05, 0) is 12.1 Å². The molecule has 0 unspecified atom stereocenters. The maximum absolute atomic E-state index is 11.4. The molecule has 2 rings (SSSR count). The lowest BCUT2D eigenvalue weighted by Crippen LogP contribution is -2.01. The Hall–Kier alpha value is -1.84. The molecule has 0 spiro atoms. The highest BCUT2D eigenvalue weighted by Crippen LogP contribution is 2.16. The highest BCUT2D eigenvalue weighted by atomic mass is 16.5. The molecule has 0 atom stereocenters. The third-order valence-electron chi connectivity index (χ3n) is 2.16. The number of para-hydroxylation sites is 1. The van der Waals surface area contributed by atoms with Gasteiger partial charge in [-0.3, -0.25) is 0 Å². The fourth-order valence-corrected chi connectivity index (χ4v) is 1.43. The third-order valence-corrected chi connectivity index (χ3v) is 2.16. The minimum atomic E-state index is -0.352. The molecular weight excluding hydrogens is 180 g/mol. The van der Waals surface area contributed by atoms with Crippen molar-refractivity contribution in [3.63, 3.8) is 0 Å². The fraction of sp³-hybridized carbons (Fsp3) is 0.200. The number of rotatable bonds is 1. The number of fused-ring (bicyclic) bond motifs is 1. The molecule has 0 aliphatic heterocycles. The Morgan fingerprint density at radius 3 is 3.00 bits per heavy atom. The van der Waals surface area contributed by atoms with Gasteiger partial charge in [0.1, 0.15) is 5.52 Å². The van der Waals surface area contributed by atoms with Gasteiger partial charge in [0.2, 0.25) is 0 Å². The maximum Gasteiger partial charge on any atom is 0.340 e. The van der Waals surface area contributed by atoms with E-state index in [9.17, 15) is 4.79 Å². The van der Waals surface area contributed by atoms with Crippen molar-refractivity contribution in [3.8, 4) is 0 Å². The van der Waals surface area contributed by atoms with E-state index in [2.05, 4.69) is 9.72 Å². The van der Waals surface area contributed by atoms with Gasteiger partial charge in [0.25, 0.3) is 0 Å². The van der Waals surface area contributed by atoms with Gasteiger partial charge in [-0.25, -0.2) is 9.78 Å². The van der Waals surface area contributed by atoms with Crippen molar-refractivity contribution in [1.29, 1.82) is 0 Å². The highest BCUT2D eigenvalue weighted by Gasteiger charge is 2.12. The van der Waals surface area contributed by atoms with E-state index >= 15 is 0 Å². The Morgan fingerprint density at radius 1 is 1.50 bits per heavy atom. The number of aromatic nitrogens is 2. The number of hydrogen-bond acceptors (Lipinski definition) is 3. The lowest BCUT2D eigenvalue weighted by molar-refractivity contribution is 0.0603. The second-order valence-corrected chi connectivity index (χ2v) is 3.02. The zero-order valence-corrected chi connectivity index (χ0v) is 8.02. The predicted molar refractivity (Wildman–Crippen MR) is 52.1 cm³/mol. The van der Waals surface area contributed by atoms with E-state index < -0.39 is 0 Å². The molecule has 0 saturated carbocycles. The van der Waals surface area contributed by atoms with Crippen molar-refractivity contribution >= 4 is 17.0 Å². The third kappa shape index (κ3) is 1.16. The van der Waals surface area contributed by atoms with Crippen molar-refractivity contribution in [1.82, 2.24) is 9.55 Å². The molecule has 0 fully saturated rings. The number of benzene rings is 1. The number of nitrogens with zero attached hydrogens (tertiary/aromatic N) is 2. The Balaban J connectivity index is 2.71. The average molecular weight is 190 g/mol. The summed E-state index contributed by atoms with van der Waals surface area (Å²) in [7, 11) is 3.25. The van der Waals surface area contributed by atoms with Gasteiger partial charge in [0.05, 0.1) is 24.5 Å². The lowest BCUT2D eigenvalue weighted by Gasteiger charge is -2.00. The van der Waals surface area contributed by atoms with Crippen LogP contribution in [0.5, 0.6) is 0 Å². The van der Waals surface area contributed by atoms with E-state index in [1.165, 1.54) is 7.11 Å². The van der Waals surface area contributed by atoms with Gasteiger partial charge in [-0.1, -0.05) is 6.07 Å². The van der Waals surface area contributed by atoms with Crippen LogP contribution in [-0.4, -0.2) is 22.6 Å². The van der Waals surface area contributed by atoms with Crippen molar-refractivity contribution in [2.45, 2.75) is 0 Å². The molecule has 14 heavy (non-hydrogen) atoms. The van der Waals surface area contributed by atoms with E-state index in [4.69, 9.17) is 0 Å². The van der Waals surface area contributed by atoms with E-state index in [1.54, 1.807) is 12.4 Å². The second kappa shape index (κ2) is 3.14. The SMILES string of the molecule is COC(=O)c1cccc2c1ncn2C. The van der Waals surface area contributed by atoms with Crippen LogP contribution < -0.4 is 0 Å². The fourth-order valence-electron chi connectivity index (χ4n) is 1.43. The molecule has 2 aromatic rings. The van der Waals surface area contributed by atoms with Crippen LogP contribution >= 0.6 is 0 Å². The minimum absolute atomic E-state index is 0.352. The topological polar surface area (TPSA) is 44.1 Å². The molecule has 0 saturated heterocycles. The standard InChI is InChI=1S/C10H10N2O2/c1-12-6-11-9-7(10(13)14-2)4-3-5-8(9)12/h3-6H,1-2H3. The number of aryl methyl sites for hydroxylation is 1. The van der Waals surface area contributed by atoms with Crippen LogP contribution in [0.2, 0.25) is 0 Å². The summed E-state index contributed by atoms with van der Waals surface area (Å²) in [6.45, 7) is 0. The first kappa shape index (κ1) is 8.74. The molecular formula is C10H10N2O2. The smallest absolute Gasteiger partial charge is 0.340 e. The van der Waals surface area contributed by atoms with Crippen molar-refractivity contribution in [2.24, 2.45) is 7.05 Å². The molecule has 0 aliphatic carbocycles. The van der Waals surface area contributed by atoms with Gasteiger partial charge >= 0.3 is 5.97 Å². The lowest BCUT2D eigenvalue weighted by atomic mass is 10.2. The summed E-state index contributed by atoms with van der Waals surface area (Å²) < 4.78 is 6.53. The second-order valence-electron chi connectivity index (χ2n) is 3.02. The van der Waals surface area contributed by atoms with Crippen LogP contribution in [0.1, 0.15) is 10.4 Å². The van der Waals surface area contributed by atoms with Crippen LogP contribution in [0.4, 0.5) is 0 Å². The van der Waals surface area contributed by atoms with Crippen LogP contribution in [0, 0.1) is 0 Å². The number of carbonyl (C=O) groups is 1. The minimum Gasteiger partial charge on any atom is -0.465 e. The summed E-state index contributed by atoms with van der Waals surface area (Å²) in [6.07, 6.45) is 1.68. The number of hydrogen-bond donors (Lipinski definition) is 0. The number of carbonyl (C=O) groups excluding carboxylic acids is 1. The Morgan fingerprint density at radius 2 is 2.29 bits per heavy atom. The molecule has 72 valence electrons. The molecule has 0 amide bonds. The Bertz CT molecular complexity index is 488. The normalized spacial score (nSPS) is 10.4. The largest absolute Gasteiger partial charge is 0.465 e. The zero-order valence-electron chi connectivity index (χ0n) is 8.02. The first-order chi connectivity index (χ1) is 6.74. The Labute approximate surface area is 81.1 Å². The molecule has 0 radical (unpaired) electrons. The van der Waals surface area contributed by atoms with Crippen LogP contribution in [-0.2, 0) is 11.8 Å². The van der Waals surface area contributed by atoms with Gasteiger partial charge in [0, 0.05) is 7.05 Å². The number of methoxy groups -OCH3 is 1. The van der Waals surface area contributed by atoms with E-state index in [1.807, 2.05) is 23.7 Å². The molecule has 0 aliphatic rings. The van der Waals surface area contributed by atoms with E-state index in [-0.39, 0.29) is 5.97 Å². The number of ether oxygens (including phenoxy) is 1. The summed E-state index contributed by atoms with van der Waals surface area (Å²) in [4.78, 5) is 15.5. The molecule has 1 heterocycles. The first-order valence-electron chi connectivity index (χ1n) is 4.22. The maximum atomic E-state index is 11.4. The van der Waals surface area contributed by atoms with Crippen molar-refractivity contribution < 1.29 is 9.53 Å². The molecule has 0 N–H and O–H groups in total. The number of imidazole rings is 1. The molecule has 1 aromatic heterocycles. The molecule has 1 aromatic carbocycles. The van der Waals surface area contributed by atoms with Gasteiger partial charge in [0.15, 0.2) is 0 Å². The van der Waals surface area contributed by atoms with Crippen molar-refractivity contribution in [2.75, 3.05) is 7.11 Å². The highest BCUT2D eigenvalue weighted by molar-refractivity contribution is 6.01. The summed E-state index contributed by atoms with van der Waals surface area (Å²) in [6, 6.07) is 5.44. The quantitative estimate of drug-likeness (QED) is 0.638. The van der Waals surface area contributed by atoms with Crippen LogP contribution in [0.15, 0.2) is 24.5 Å². The molecule has 4 nitrogen and oxygen atoms in total. The van der Waals surface area contributed by atoms with Gasteiger partial charge < -0.3 is 9.30 Å². The number of esters is 1. The van der Waals surface area contributed by atoms with Crippen LogP contribution in [0.3, 0.4) is 0 Å². The van der Waals surface area contributed by atoms with E-state index in [0.29, 0.717) is 11.1 Å². The van der Waals surface area contributed by atoms with E-state index in [0.717, 1.165) is 5.52 Å². The van der Waals surface area contributed by atoms with Gasteiger partial charge in [-0.15, -0.1) is 0 Å². The predicted octanol–water partition coefficient (Wildman–Crippen LogP) is 1.36.